The molecule has 0 saturated carbocycles. The van der Waals surface area contributed by atoms with Crippen LogP contribution in [0.15, 0.2) is 29.4 Å². The zero-order valence-corrected chi connectivity index (χ0v) is 19.3. The molecule has 6 nitrogen and oxygen atoms in total. The number of benzene rings is 1. The van der Waals surface area contributed by atoms with E-state index in [4.69, 9.17) is 0 Å². The SMILES string of the molecule is Cc1c(C)c(C)c(S(=O)(=O)NCC2CCN(C(=O)c3cccnc3)CC2)c(C)c1C. The number of sulfonamides is 1. The molecule has 30 heavy (non-hydrogen) atoms. The molecule has 1 aliphatic rings. The third kappa shape index (κ3) is 4.42. The van der Waals surface area contributed by atoms with Gasteiger partial charge in [-0.2, -0.15) is 0 Å². The molecule has 7 heteroatoms. The monoisotopic (exact) mass is 429 g/mol. The summed E-state index contributed by atoms with van der Waals surface area (Å²) in [5.74, 6) is 0.199. The predicted octanol–water partition coefficient (Wildman–Crippen LogP) is 3.45. The summed E-state index contributed by atoms with van der Waals surface area (Å²) >= 11 is 0. The molecule has 1 aromatic carbocycles. The number of aromatic nitrogens is 1. The van der Waals surface area contributed by atoms with Gasteiger partial charge in [-0.3, -0.25) is 9.78 Å². The molecule has 2 heterocycles. The Hall–Kier alpha value is -2.25. The maximum absolute atomic E-state index is 13.1. The first-order valence-corrected chi connectivity index (χ1v) is 11.9. The van der Waals surface area contributed by atoms with Crippen molar-refractivity contribution >= 4 is 15.9 Å². The van der Waals surface area contributed by atoms with Crippen LogP contribution in [0, 0.1) is 40.5 Å². The van der Waals surface area contributed by atoms with Crippen molar-refractivity contribution in [3.63, 3.8) is 0 Å². The Kier molecular flexibility index (Phi) is 6.62. The summed E-state index contributed by atoms with van der Waals surface area (Å²) in [5.41, 5.74) is 5.43. The van der Waals surface area contributed by atoms with Gasteiger partial charge in [0, 0.05) is 32.0 Å². The lowest BCUT2D eigenvalue weighted by Crippen LogP contribution is -2.41. The zero-order chi connectivity index (χ0) is 22.1. The van der Waals surface area contributed by atoms with Gasteiger partial charge in [-0.25, -0.2) is 13.1 Å². The van der Waals surface area contributed by atoms with Gasteiger partial charge >= 0.3 is 0 Å². The first-order chi connectivity index (χ1) is 14.1. The summed E-state index contributed by atoms with van der Waals surface area (Å²) in [6.45, 7) is 11.4. The van der Waals surface area contributed by atoms with E-state index in [0.717, 1.165) is 40.7 Å². The molecule has 0 aliphatic carbocycles. The van der Waals surface area contributed by atoms with E-state index >= 15 is 0 Å². The minimum absolute atomic E-state index is 0.0148. The molecule has 162 valence electrons. The highest BCUT2D eigenvalue weighted by Gasteiger charge is 2.27. The number of carbonyl (C=O) groups is 1. The first kappa shape index (κ1) is 22.4. The molecule has 1 aliphatic heterocycles. The van der Waals surface area contributed by atoms with E-state index in [1.54, 1.807) is 24.5 Å². The lowest BCUT2D eigenvalue weighted by atomic mass is 9.95. The van der Waals surface area contributed by atoms with Crippen LogP contribution in [-0.4, -0.2) is 43.8 Å². The molecule has 1 amide bonds. The summed E-state index contributed by atoms with van der Waals surface area (Å²) in [6, 6.07) is 3.53. The maximum Gasteiger partial charge on any atom is 0.255 e. The maximum atomic E-state index is 13.1. The smallest absolute Gasteiger partial charge is 0.255 e. The van der Waals surface area contributed by atoms with E-state index in [9.17, 15) is 13.2 Å². The number of nitrogens with zero attached hydrogens (tertiary/aromatic N) is 2. The number of carbonyl (C=O) groups excluding carboxylic acids is 1. The molecule has 1 N–H and O–H groups in total. The van der Waals surface area contributed by atoms with Crippen molar-refractivity contribution in [2.75, 3.05) is 19.6 Å². The third-order valence-corrected chi connectivity index (χ3v) is 8.27. The Labute approximate surface area is 179 Å². The molecule has 1 aromatic heterocycles. The number of rotatable bonds is 5. The highest BCUT2D eigenvalue weighted by Crippen LogP contribution is 2.29. The first-order valence-electron chi connectivity index (χ1n) is 10.4. The largest absolute Gasteiger partial charge is 0.339 e. The Morgan fingerprint density at radius 3 is 2.13 bits per heavy atom. The van der Waals surface area contributed by atoms with E-state index < -0.39 is 10.0 Å². The molecule has 3 rings (SSSR count). The van der Waals surface area contributed by atoms with Gasteiger partial charge in [0.1, 0.15) is 0 Å². The second kappa shape index (κ2) is 8.86. The minimum Gasteiger partial charge on any atom is -0.339 e. The summed E-state index contributed by atoms with van der Waals surface area (Å²) in [5, 5.41) is 0. The van der Waals surface area contributed by atoms with Crippen molar-refractivity contribution in [2.24, 2.45) is 5.92 Å². The van der Waals surface area contributed by atoms with Crippen LogP contribution in [0.4, 0.5) is 0 Å². The van der Waals surface area contributed by atoms with Crippen molar-refractivity contribution in [3.8, 4) is 0 Å². The highest BCUT2D eigenvalue weighted by molar-refractivity contribution is 7.89. The van der Waals surface area contributed by atoms with Gasteiger partial charge < -0.3 is 4.90 Å². The molecule has 0 unspecified atom stereocenters. The number of likely N-dealkylation sites (tertiary alicyclic amines) is 1. The van der Waals surface area contributed by atoms with Gasteiger partial charge in [-0.15, -0.1) is 0 Å². The number of hydrogen-bond donors (Lipinski definition) is 1. The number of pyridine rings is 1. The van der Waals surface area contributed by atoms with E-state index in [1.807, 2.05) is 39.5 Å². The molecule has 1 saturated heterocycles. The van der Waals surface area contributed by atoms with Gasteiger partial charge in [-0.1, -0.05) is 0 Å². The fraction of sp³-hybridized carbons (Fsp3) is 0.478. The number of hydrogen-bond acceptors (Lipinski definition) is 4. The summed E-state index contributed by atoms with van der Waals surface area (Å²) < 4.78 is 29.0. The standard InChI is InChI=1S/C23H31N3O3S/c1-15-16(2)18(4)22(19(5)17(15)3)30(28,29)25-13-20-8-11-26(12-9-20)23(27)21-7-6-10-24-14-21/h6-7,10,14,20,25H,8-9,11-13H2,1-5H3. The number of amides is 1. The van der Waals surface area contributed by atoms with Gasteiger partial charge in [0.2, 0.25) is 10.0 Å². The quantitative estimate of drug-likeness (QED) is 0.789. The second-order valence-electron chi connectivity index (χ2n) is 8.28. The molecule has 0 atom stereocenters. The van der Waals surface area contributed by atoms with E-state index in [0.29, 0.717) is 30.1 Å². The zero-order valence-electron chi connectivity index (χ0n) is 18.4. The Bertz CT molecular complexity index is 1010. The van der Waals surface area contributed by atoms with Crippen LogP contribution in [0.1, 0.15) is 51.0 Å². The Morgan fingerprint density at radius 1 is 1.03 bits per heavy atom. The van der Waals surface area contributed by atoms with Crippen LogP contribution in [0.5, 0.6) is 0 Å². The van der Waals surface area contributed by atoms with Crippen LogP contribution in [-0.2, 0) is 10.0 Å². The molecule has 2 aromatic rings. The van der Waals surface area contributed by atoms with Crippen molar-refractivity contribution in [3.05, 3.63) is 57.9 Å². The van der Waals surface area contributed by atoms with Gasteiger partial charge in [0.25, 0.3) is 5.91 Å². The minimum atomic E-state index is -3.59. The highest BCUT2D eigenvalue weighted by atomic mass is 32.2. The summed E-state index contributed by atoms with van der Waals surface area (Å²) in [6.07, 6.45) is 4.78. The lowest BCUT2D eigenvalue weighted by Gasteiger charge is -2.32. The fourth-order valence-electron chi connectivity index (χ4n) is 4.18. The average Bonchev–Trinajstić information content (AvgIpc) is 2.75. The van der Waals surface area contributed by atoms with Gasteiger partial charge in [-0.05, 0) is 93.3 Å². The summed E-state index contributed by atoms with van der Waals surface area (Å²) in [4.78, 5) is 18.8. The van der Waals surface area contributed by atoms with Crippen LogP contribution < -0.4 is 4.72 Å². The van der Waals surface area contributed by atoms with Crippen molar-refractivity contribution in [1.82, 2.24) is 14.6 Å². The van der Waals surface area contributed by atoms with Crippen LogP contribution in [0.3, 0.4) is 0 Å². The molecule has 1 fully saturated rings. The molecular weight excluding hydrogens is 398 g/mol. The van der Waals surface area contributed by atoms with Gasteiger partial charge in [0.05, 0.1) is 10.5 Å². The molecule has 0 bridgehead atoms. The average molecular weight is 430 g/mol. The lowest BCUT2D eigenvalue weighted by molar-refractivity contribution is 0.0691. The van der Waals surface area contributed by atoms with E-state index in [1.165, 1.54) is 0 Å². The molecule has 0 spiro atoms. The van der Waals surface area contributed by atoms with Crippen molar-refractivity contribution < 1.29 is 13.2 Å². The van der Waals surface area contributed by atoms with Crippen LogP contribution in [0.25, 0.3) is 0 Å². The topological polar surface area (TPSA) is 79.4 Å². The van der Waals surface area contributed by atoms with Crippen molar-refractivity contribution in [1.29, 1.82) is 0 Å². The number of nitrogens with one attached hydrogen (secondary N) is 1. The Balaban J connectivity index is 1.64. The molecular formula is C23H31N3O3S. The summed E-state index contributed by atoms with van der Waals surface area (Å²) in [7, 11) is -3.59. The third-order valence-electron chi connectivity index (χ3n) is 6.57. The Morgan fingerprint density at radius 2 is 1.60 bits per heavy atom. The fourth-order valence-corrected chi connectivity index (χ4v) is 5.89. The number of piperidine rings is 1. The normalized spacial score (nSPS) is 15.4. The predicted molar refractivity (Wildman–Crippen MR) is 118 cm³/mol. The van der Waals surface area contributed by atoms with Crippen molar-refractivity contribution in [2.45, 2.75) is 52.4 Å². The van der Waals surface area contributed by atoms with E-state index in [-0.39, 0.29) is 11.8 Å². The molecule has 0 radical (unpaired) electrons. The second-order valence-corrected chi connectivity index (χ2v) is 9.99. The van der Waals surface area contributed by atoms with Crippen LogP contribution in [0.2, 0.25) is 0 Å². The van der Waals surface area contributed by atoms with Gasteiger partial charge in [0.15, 0.2) is 0 Å². The van der Waals surface area contributed by atoms with Crippen LogP contribution >= 0.6 is 0 Å². The van der Waals surface area contributed by atoms with E-state index in [2.05, 4.69) is 9.71 Å².